The van der Waals surface area contributed by atoms with Crippen LogP contribution >= 0.6 is 0 Å². The van der Waals surface area contributed by atoms with E-state index in [9.17, 15) is 13.2 Å². The SMILES string of the molecule is CS(=O)(=O)NC1CCCN(C(=O)C2CC2)C1C(F)(F)c1cccc(-c2ccccc2)c1. The average molecular weight is 449 g/mol. The fourth-order valence-electron chi connectivity index (χ4n) is 4.36. The molecule has 4 rings (SSSR count). The van der Waals surface area contributed by atoms with E-state index < -0.39 is 28.0 Å². The number of nitrogens with one attached hydrogen (secondary N) is 1. The van der Waals surface area contributed by atoms with Gasteiger partial charge < -0.3 is 4.90 Å². The smallest absolute Gasteiger partial charge is 0.294 e. The summed E-state index contributed by atoms with van der Waals surface area (Å²) in [6.45, 7) is 0.204. The first-order valence-electron chi connectivity index (χ1n) is 10.5. The number of likely N-dealkylation sites (tertiary alicyclic amines) is 1. The maximum absolute atomic E-state index is 16.0. The predicted molar refractivity (Wildman–Crippen MR) is 115 cm³/mol. The van der Waals surface area contributed by atoms with Crippen molar-refractivity contribution in [2.24, 2.45) is 5.92 Å². The topological polar surface area (TPSA) is 66.5 Å². The number of sulfonamides is 1. The molecule has 2 fully saturated rings. The van der Waals surface area contributed by atoms with Crippen molar-refractivity contribution in [2.75, 3.05) is 12.8 Å². The number of hydrogen-bond acceptors (Lipinski definition) is 3. The quantitative estimate of drug-likeness (QED) is 0.732. The molecular formula is C23H26F2N2O3S. The van der Waals surface area contributed by atoms with Gasteiger partial charge in [-0.3, -0.25) is 4.79 Å². The van der Waals surface area contributed by atoms with E-state index in [-0.39, 0.29) is 30.4 Å². The number of halogens is 2. The first-order valence-corrected chi connectivity index (χ1v) is 12.4. The number of piperidine rings is 1. The summed E-state index contributed by atoms with van der Waals surface area (Å²) >= 11 is 0. The third kappa shape index (κ3) is 4.80. The molecule has 2 unspecified atom stereocenters. The molecule has 166 valence electrons. The highest BCUT2D eigenvalue weighted by Crippen LogP contribution is 2.43. The Labute approximate surface area is 181 Å². The molecular weight excluding hydrogens is 422 g/mol. The van der Waals surface area contributed by atoms with Crippen LogP contribution in [0.4, 0.5) is 8.78 Å². The molecule has 0 bridgehead atoms. The third-order valence-corrected chi connectivity index (χ3v) is 6.66. The van der Waals surface area contributed by atoms with Gasteiger partial charge in [-0.25, -0.2) is 13.1 Å². The number of amides is 1. The average Bonchev–Trinajstić information content (AvgIpc) is 3.58. The molecule has 8 heteroatoms. The molecule has 2 atom stereocenters. The van der Waals surface area contributed by atoms with Crippen LogP contribution in [0.15, 0.2) is 54.6 Å². The summed E-state index contributed by atoms with van der Waals surface area (Å²) in [6.07, 6.45) is 3.07. The van der Waals surface area contributed by atoms with E-state index in [0.29, 0.717) is 24.8 Å². The van der Waals surface area contributed by atoms with Gasteiger partial charge in [0.05, 0.1) is 6.26 Å². The van der Waals surface area contributed by atoms with Gasteiger partial charge in [-0.15, -0.1) is 0 Å². The first-order chi connectivity index (χ1) is 14.7. The molecule has 1 N–H and O–H groups in total. The Hall–Kier alpha value is -2.32. The number of alkyl halides is 2. The van der Waals surface area contributed by atoms with Crippen LogP contribution in [0, 0.1) is 5.92 Å². The Morgan fingerprint density at radius 2 is 1.71 bits per heavy atom. The zero-order valence-electron chi connectivity index (χ0n) is 17.3. The van der Waals surface area contributed by atoms with Crippen molar-refractivity contribution in [3.05, 3.63) is 60.2 Å². The van der Waals surface area contributed by atoms with Crippen molar-refractivity contribution in [1.82, 2.24) is 9.62 Å². The van der Waals surface area contributed by atoms with Gasteiger partial charge in [-0.1, -0.05) is 48.5 Å². The predicted octanol–water partition coefficient (Wildman–Crippen LogP) is 3.76. The van der Waals surface area contributed by atoms with E-state index >= 15 is 8.78 Å². The Morgan fingerprint density at radius 3 is 2.35 bits per heavy atom. The molecule has 2 aromatic rings. The second-order valence-corrected chi connectivity index (χ2v) is 10.2. The van der Waals surface area contributed by atoms with Gasteiger partial charge in [0, 0.05) is 24.1 Å². The molecule has 1 aliphatic carbocycles. The van der Waals surface area contributed by atoms with E-state index in [1.165, 1.54) is 17.0 Å². The minimum absolute atomic E-state index is 0.204. The van der Waals surface area contributed by atoms with Gasteiger partial charge in [0.25, 0.3) is 5.92 Å². The zero-order valence-corrected chi connectivity index (χ0v) is 18.1. The van der Waals surface area contributed by atoms with Gasteiger partial charge in [-0.05, 0) is 42.9 Å². The van der Waals surface area contributed by atoms with Crippen LogP contribution in [0.3, 0.4) is 0 Å². The maximum Gasteiger partial charge on any atom is 0.294 e. The summed E-state index contributed by atoms with van der Waals surface area (Å²) in [4.78, 5) is 14.1. The molecule has 0 radical (unpaired) electrons. The second-order valence-electron chi connectivity index (χ2n) is 8.46. The number of carbonyl (C=O) groups is 1. The van der Waals surface area contributed by atoms with E-state index in [2.05, 4.69) is 4.72 Å². The van der Waals surface area contributed by atoms with E-state index in [4.69, 9.17) is 0 Å². The molecule has 1 aliphatic heterocycles. The molecule has 0 spiro atoms. The lowest BCUT2D eigenvalue weighted by Gasteiger charge is -2.45. The standard InChI is InChI=1S/C23H26F2N2O3S/c1-31(29,30)26-20-11-6-14-27(22(28)17-12-13-17)21(20)23(24,25)19-10-5-9-18(15-19)16-7-3-2-4-8-16/h2-5,7-10,15,17,20-21,26H,6,11-14H2,1H3. The van der Waals surface area contributed by atoms with Gasteiger partial charge in [0.2, 0.25) is 15.9 Å². The minimum Gasteiger partial charge on any atom is -0.331 e. The van der Waals surface area contributed by atoms with Crippen molar-refractivity contribution < 1.29 is 22.0 Å². The Balaban J connectivity index is 1.74. The lowest BCUT2D eigenvalue weighted by Crippen LogP contribution is -2.63. The molecule has 5 nitrogen and oxygen atoms in total. The van der Waals surface area contributed by atoms with E-state index in [1.54, 1.807) is 12.1 Å². The highest BCUT2D eigenvalue weighted by atomic mass is 32.2. The molecule has 31 heavy (non-hydrogen) atoms. The molecule has 1 amide bonds. The summed E-state index contributed by atoms with van der Waals surface area (Å²) < 4.78 is 58.3. The summed E-state index contributed by atoms with van der Waals surface area (Å²) in [7, 11) is -3.73. The van der Waals surface area contributed by atoms with E-state index in [1.807, 2.05) is 30.3 Å². The minimum atomic E-state index is -3.73. The van der Waals surface area contributed by atoms with E-state index in [0.717, 1.165) is 11.8 Å². The van der Waals surface area contributed by atoms with Crippen LogP contribution in [-0.2, 0) is 20.7 Å². The molecule has 1 saturated heterocycles. The normalized spacial score (nSPS) is 22.4. The zero-order chi connectivity index (χ0) is 22.2. The van der Waals surface area contributed by atoms with Gasteiger partial charge in [0.1, 0.15) is 6.04 Å². The van der Waals surface area contributed by atoms with Crippen molar-refractivity contribution in [2.45, 2.75) is 43.7 Å². The van der Waals surface area contributed by atoms with Crippen LogP contribution in [0.5, 0.6) is 0 Å². The number of nitrogens with zero attached hydrogens (tertiary/aromatic N) is 1. The summed E-state index contributed by atoms with van der Waals surface area (Å²) in [5.74, 6) is -3.96. The Bertz CT molecular complexity index is 1060. The Morgan fingerprint density at radius 1 is 1.03 bits per heavy atom. The van der Waals surface area contributed by atoms with Gasteiger partial charge >= 0.3 is 0 Å². The number of benzene rings is 2. The van der Waals surface area contributed by atoms with Crippen LogP contribution in [-0.4, -0.2) is 44.1 Å². The number of rotatable bonds is 6. The summed E-state index contributed by atoms with van der Waals surface area (Å²) in [6, 6.07) is 12.7. The molecule has 2 aromatic carbocycles. The van der Waals surface area contributed by atoms with Crippen molar-refractivity contribution in [3.8, 4) is 11.1 Å². The Kier molecular flexibility index (Phi) is 5.87. The first kappa shape index (κ1) is 21.9. The van der Waals surface area contributed by atoms with Crippen LogP contribution < -0.4 is 4.72 Å². The largest absolute Gasteiger partial charge is 0.331 e. The lowest BCUT2D eigenvalue weighted by atomic mass is 9.87. The van der Waals surface area contributed by atoms with Gasteiger partial charge in [-0.2, -0.15) is 8.78 Å². The molecule has 1 heterocycles. The lowest BCUT2D eigenvalue weighted by molar-refractivity contribution is -0.155. The van der Waals surface area contributed by atoms with Crippen LogP contribution in [0.2, 0.25) is 0 Å². The van der Waals surface area contributed by atoms with Crippen LogP contribution in [0.25, 0.3) is 11.1 Å². The van der Waals surface area contributed by atoms with Crippen molar-refractivity contribution >= 4 is 15.9 Å². The maximum atomic E-state index is 16.0. The van der Waals surface area contributed by atoms with Crippen LogP contribution in [0.1, 0.15) is 31.2 Å². The van der Waals surface area contributed by atoms with Gasteiger partial charge in [0.15, 0.2) is 0 Å². The number of hydrogen-bond donors (Lipinski definition) is 1. The van der Waals surface area contributed by atoms with Crippen molar-refractivity contribution in [3.63, 3.8) is 0 Å². The molecule has 1 saturated carbocycles. The second kappa shape index (κ2) is 8.31. The highest BCUT2D eigenvalue weighted by Gasteiger charge is 2.54. The molecule has 0 aromatic heterocycles. The summed E-state index contributed by atoms with van der Waals surface area (Å²) in [5.41, 5.74) is 1.22. The summed E-state index contributed by atoms with van der Waals surface area (Å²) in [5, 5.41) is 0. The number of carbonyl (C=O) groups excluding carboxylic acids is 1. The third-order valence-electron chi connectivity index (χ3n) is 5.93. The highest BCUT2D eigenvalue weighted by molar-refractivity contribution is 7.88. The fourth-order valence-corrected chi connectivity index (χ4v) is 5.16. The monoisotopic (exact) mass is 448 g/mol. The fraction of sp³-hybridized carbons (Fsp3) is 0.435. The van der Waals surface area contributed by atoms with Crippen molar-refractivity contribution in [1.29, 1.82) is 0 Å². The molecule has 2 aliphatic rings.